The quantitative estimate of drug-likeness (QED) is 0.341. The number of ketones is 1. The SMILES string of the molecule is COc1ccc(CCCc2nnc(SCC(=O)c3ccc(Br)cc3)n2C)cc1. The molecule has 28 heavy (non-hydrogen) atoms. The zero-order valence-corrected chi connectivity index (χ0v) is 18.3. The van der Waals surface area contributed by atoms with Gasteiger partial charge in [0, 0.05) is 23.5 Å². The lowest BCUT2D eigenvalue weighted by Gasteiger charge is -2.05. The van der Waals surface area contributed by atoms with E-state index >= 15 is 0 Å². The number of ether oxygens (including phenoxy) is 1. The minimum atomic E-state index is 0.0848. The molecule has 0 saturated carbocycles. The van der Waals surface area contributed by atoms with Crippen LogP contribution in [0.25, 0.3) is 0 Å². The number of benzene rings is 2. The summed E-state index contributed by atoms with van der Waals surface area (Å²) in [6, 6.07) is 15.5. The number of Topliss-reactive ketones (excluding diaryl/α,β-unsaturated/α-hetero) is 1. The molecule has 0 atom stereocenters. The predicted molar refractivity (Wildman–Crippen MR) is 115 cm³/mol. The molecule has 0 bridgehead atoms. The van der Waals surface area contributed by atoms with Crippen LogP contribution in [0.3, 0.4) is 0 Å². The van der Waals surface area contributed by atoms with E-state index in [1.54, 1.807) is 7.11 Å². The molecule has 0 aliphatic heterocycles. The molecule has 0 fully saturated rings. The summed E-state index contributed by atoms with van der Waals surface area (Å²) < 4.78 is 8.13. The standard InChI is InChI=1S/C21H22BrN3O2S/c1-25-20(5-3-4-15-6-12-18(27-2)13-7-15)23-24-21(25)28-14-19(26)16-8-10-17(22)11-9-16/h6-13H,3-5,14H2,1-2H3. The zero-order chi connectivity index (χ0) is 19.9. The summed E-state index contributed by atoms with van der Waals surface area (Å²) in [6.45, 7) is 0. The molecule has 146 valence electrons. The molecule has 7 heteroatoms. The van der Waals surface area contributed by atoms with E-state index < -0.39 is 0 Å². The van der Waals surface area contributed by atoms with Gasteiger partial charge in [-0.25, -0.2) is 0 Å². The minimum absolute atomic E-state index is 0.0848. The van der Waals surface area contributed by atoms with E-state index in [2.05, 4.69) is 38.3 Å². The number of carbonyl (C=O) groups excluding carboxylic acids is 1. The van der Waals surface area contributed by atoms with Gasteiger partial charge < -0.3 is 9.30 Å². The summed E-state index contributed by atoms with van der Waals surface area (Å²) in [7, 11) is 3.63. The van der Waals surface area contributed by atoms with Crippen LogP contribution in [-0.4, -0.2) is 33.4 Å². The van der Waals surface area contributed by atoms with Crippen molar-refractivity contribution in [1.29, 1.82) is 0 Å². The van der Waals surface area contributed by atoms with Crippen LogP contribution in [0.15, 0.2) is 58.2 Å². The second kappa shape index (κ2) is 9.89. The highest BCUT2D eigenvalue weighted by molar-refractivity contribution is 9.10. The highest BCUT2D eigenvalue weighted by atomic mass is 79.9. The highest BCUT2D eigenvalue weighted by Gasteiger charge is 2.12. The summed E-state index contributed by atoms with van der Waals surface area (Å²) in [6.07, 6.45) is 2.80. The van der Waals surface area contributed by atoms with E-state index in [1.165, 1.54) is 17.3 Å². The van der Waals surface area contributed by atoms with Gasteiger partial charge in [0.15, 0.2) is 10.9 Å². The highest BCUT2D eigenvalue weighted by Crippen LogP contribution is 2.20. The normalized spacial score (nSPS) is 10.8. The summed E-state index contributed by atoms with van der Waals surface area (Å²) in [5.41, 5.74) is 1.98. The van der Waals surface area contributed by atoms with Crippen molar-refractivity contribution in [2.24, 2.45) is 7.05 Å². The Morgan fingerprint density at radius 1 is 1.07 bits per heavy atom. The van der Waals surface area contributed by atoms with Crippen molar-refractivity contribution in [2.45, 2.75) is 24.4 Å². The number of hydrogen-bond donors (Lipinski definition) is 0. The third-order valence-corrected chi connectivity index (χ3v) is 6.00. The van der Waals surface area contributed by atoms with Crippen LogP contribution in [0.4, 0.5) is 0 Å². The summed E-state index contributed by atoms with van der Waals surface area (Å²) in [5.74, 6) is 2.24. The molecule has 0 aliphatic carbocycles. The largest absolute Gasteiger partial charge is 0.497 e. The smallest absolute Gasteiger partial charge is 0.191 e. The van der Waals surface area contributed by atoms with Crippen molar-refractivity contribution in [1.82, 2.24) is 14.8 Å². The van der Waals surface area contributed by atoms with E-state index in [4.69, 9.17) is 4.74 Å². The van der Waals surface area contributed by atoms with Crippen LogP contribution < -0.4 is 4.74 Å². The van der Waals surface area contributed by atoms with Crippen LogP contribution in [-0.2, 0) is 19.9 Å². The van der Waals surface area contributed by atoms with Gasteiger partial charge in [0.2, 0.25) is 0 Å². The Morgan fingerprint density at radius 2 is 1.79 bits per heavy atom. The maximum absolute atomic E-state index is 12.3. The number of halogens is 1. The molecule has 0 saturated heterocycles. The van der Waals surface area contributed by atoms with Gasteiger partial charge in [-0.1, -0.05) is 52.0 Å². The molecule has 1 heterocycles. The van der Waals surface area contributed by atoms with Gasteiger partial charge in [-0.3, -0.25) is 4.79 Å². The first-order valence-electron chi connectivity index (χ1n) is 8.99. The van der Waals surface area contributed by atoms with Gasteiger partial charge in [0.25, 0.3) is 0 Å². The monoisotopic (exact) mass is 459 g/mol. The van der Waals surface area contributed by atoms with Crippen LogP contribution in [0.1, 0.15) is 28.2 Å². The Balaban J connectivity index is 1.50. The Hall–Kier alpha value is -2.12. The summed E-state index contributed by atoms with van der Waals surface area (Å²) >= 11 is 4.80. The van der Waals surface area contributed by atoms with Gasteiger partial charge in [-0.15, -0.1) is 10.2 Å². The minimum Gasteiger partial charge on any atom is -0.497 e. The van der Waals surface area contributed by atoms with Crippen molar-refractivity contribution in [3.63, 3.8) is 0 Å². The van der Waals surface area contributed by atoms with Crippen molar-refractivity contribution >= 4 is 33.5 Å². The molecular weight excluding hydrogens is 438 g/mol. The number of nitrogens with zero attached hydrogens (tertiary/aromatic N) is 3. The van der Waals surface area contributed by atoms with Crippen LogP contribution in [0.5, 0.6) is 5.75 Å². The Morgan fingerprint density at radius 3 is 2.46 bits per heavy atom. The van der Waals surface area contributed by atoms with Crippen LogP contribution in [0, 0.1) is 0 Å². The first-order valence-corrected chi connectivity index (χ1v) is 10.8. The van der Waals surface area contributed by atoms with E-state index in [1.807, 2.05) is 48.0 Å². The molecule has 0 radical (unpaired) electrons. The Bertz CT molecular complexity index is 924. The summed E-state index contributed by atoms with van der Waals surface area (Å²) in [5, 5.41) is 9.30. The zero-order valence-electron chi connectivity index (χ0n) is 15.9. The van der Waals surface area contributed by atoms with Gasteiger partial charge in [0.1, 0.15) is 11.6 Å². The molecule has 3 aromatic rings. The van der Waals surface area contributed by atoms with Crippen molar-refractivity contribution in [2.75, 3.05) is 12.9 Å². The van der Waals surface area contributed by atoms with E-state index in [0.29, 0.717) is 11.3 Å². The number of methoxy groups -OCH3 is 1. The second-order valence-electron chi connectivity index (χ2n) is 6.38. The molecule has 1 aromatic heterocycles. The van der Waals surface area contributed by atoms with Crippen LogP contribution in [0.2, 0.25) is 0 Å². The molecule has 0 unspecified atom stereocenters. The van der Waals surface area contributed by atoms with Gasteiger partial charge >= 0.3 is 0 Å². The number of rotatable bonds is 9. The predicted octanol–water partition coefficient (Wildman–Crippen LogP) is 4.74. The number of aromatic nitrogens is 3. The maximum atomic E-state index is 12.3. The molecule has 3 rings (SSSR count). The molecule has 0 spiro atoms. The van der Waals surface area contributed by atoms with Crippen molar-refractivity contribution in [3.05, 3.63) is 70.0 Å². The fraction of sp³-hybridized carbons (Fsp3) is 0.286. The number of hydrogen-bond acceptors (Lipinski definition) is 5. The Kier molecular flexibility index (Phi) is 7.28. The average Bonchev–Trinajstić information content (AvgIpc) is 3.07. The molecule has 0 amide bonds. The summed E-state index contributed by atoms with van der Waals surface area (Å²) in [4.78, 5) is 12.3. The molecule has 0 N–H and O–H groups in total. The van der Waals surface area contributed by atoms with Crippen molar-refractivity contribution < 1.29 is 9.53 Å². The number of aryl methyl sites for hydroxylation is 2. The number of carbonyl (C=O) groups is 1. The topological polar surface area (TPSA) is 57.0 Å². The van der Waals surface area contributed by atoms with Gasteiger partial charge in [-0.2, -0.15) is 0 Å². The van der Waals surface area contributed by atoms with E-state index in [-0.39, 0.29) is 5.78 Å². The fourth-order valence-corrected chi connectivity index (χ4v) is 3.87. The third kappa shape index (κ3) is 5.45. The molecule has 5 nitrogen and oxygen atoms in total. The second-order valence-corrected chi connectivity index (χ2v) is 8.24. The molecule has 0 aliphatic rings. The van der Waals surface area contributed by atoms with Gasteiger partial charge in [0.05, 0.1) is 12.9 Å². The van der Waals surface area contributed by atoms with E-state index in [0.717, 1.165) is 40.5 Å². The fourth-order valence-electron chi connectivity index (χ4n) is 2.78. The maximum Gasteiger partial charge on any atom is 0.191 e. The van der Waals surface area contributed by atoms with E-state index in [9.17, 15) is 4.79 Å². The van der Waals surface area contributed by atoms with Crippen LogP contribution >= 0.6 is 27.7 Å². The lowest BCUT2D eigenvalue weighted by molar-refractivity contribution is 0.102. The Labute approximate surface area is 177 Å². The lowest BCUT2D eigenvalue weighted by Crippen LogP contribution is -2.04. The van der Waals surface area contributed by atoms with Crippen molar-refractivity contribution in [3.8, 4) is 5.75 Å². The first kappa shape index (κ1) is 20.6. The average molecular weight is 460 g/mol. The third-order valence-electron chi connectivity index (χ3n) is 4.45. The lowest BCUT2D eigenvalue weighted by atomic mass is 10.1. The van der Waals surface area contributed by atoms with Gasteiger partial charge in [-0.05, 0) is 42.7 Å². The number of thioether (sulfide) groups is 1. The molecular formula is C21H22BrN3O2S. The first-order chi connectivity index (χ1) is 13.6. The molecule has 2 aromatic carbocycles.